The molecule has 0 bridgehead atoms. The highest BCUT2D eigenvalue weighted by Crippen LogP contribution is 2.21. The smallest absolute Gasteiger partial charge is 0.221 e. The molecular formula is C11H17ClN2O2. The van der Waals surface area contributed by atoms with E-state index in [0.29, 0.717) is 24.2 Å². The Hall–Kier alpha value is -0.870. The molecule has 4 nitrogen and oxygen atoms in total. The number of hydrogen-bond acceptors (Lipinski definition) is 4. The van der Waals surface area contributed by atoms with Gasteiger partial charge in [-0.3, -0.25) is 0 Å². The Balaban J connectivity index is 2.44. The van der Waals surface area contributed by atoms with Crippen molar-refractivity contribution in [1.29, 1.82) is 0 Å². The predicted octanol–water partition coefficient (Wildman–Crippen LogP) is 2.50. The van der Waals surface area contributed by atoms with Crippen molar-refractivity contribution in [2.24, 2.45) is 0 Å². The van der Waals surface area contributed by atoms with Gasteiger partial charge in [-0.1, -0.05) is 25.4 Å². The molecule has 5 heteroatoms. The lowest BCUT2D eigenvalue weighted by atomic mass is 10.2. The molecule has 1 rings (SSSR count). The van der Waals surface area contributed by atoms with E-state index in [1.807, 2.05) is 6.92 Å². The Morgan fingerprint density at radius 3 is 2.69 bits per heavy atom. The molecule has 1 heterocycles. The molecule has 0 fully saturated rings. The van der Waals surface area contributed by atoms with E-state index in [-0.39, 0.29) is 0 Å². The lowest BCUT2D eigenvalue weighted by molar-refractivity contribution is 0.0986. The summed E-state index contributed by atoms with van der Waals surface area (Å²) in [5.41, 5.74) is 0.847. The third-order valence-corrected chi connectivity index (χ3v) is 2.35. The van der Waals surface area contributed by atoms with Crippen LogP contribution in [0, 0.1) is 0 Å². The maximum absolute atomic E-state index is 5.93. The molecule has 0 spiro atoms. The van der Waals surface area contributed by atoms with Gasteiger partial charge in [-0.15, -0.1) is 0 Å². The van der Waals surface area contributed by atoms with Crippen LogP contribution in [0.2, 0.25) is 5.15 Å². The highest BCUT2D eigenvalue weighted by Gasteiger charge is 2.08. The Morgan fingerprint density at radius 2 is 2.00 bits per heavy atom. The van der Waals surface area contributed by atoms with Gasteiger partial charge in [0.15, 0.2) is 0 Å². The van der Waals surface area contributed by atoms with E-state index >= 15 is 0 Å². The second kappa shape index (κ2) is 7.41. The fourth-order valence-electron chi connectivity index (χ4n) is 1.24. The van der Waals surface area contributed by atoms with Crippen LogP contribution in [0.3, 0.4) is 0 Å². The van der Waals surface area contributed by atoms with E-state index in [0.717, 1.165) is 25.0 Å². The van der Waals surface area contributed by atoms with Crippen LogP contribution in [-0.4, -0.2) is 29.8 Å². The van der Waals surface area contributed by atoms with Gasteiger partial charge in [0.1, 0.15) is 18.1 Å². The van der Waals surface area contributed by atoms with Gasteiger partial charge in [-0.25, -0.2) is 9.97 Å². The zero-order chi connectivity index (χ0) is 11.8. The molecule has 0 amide bonds. The van der Waals surface area contributed by atoms with E-state index in [1.54, 1.807) is 0 Å². The summed E-state index contributed by atoms with van der Waals surface area (Å²) in [7, 11) is 0. The lowest BCUT2D eigenvalue weighted by Gasteiger charge is -2.09. The Bertz CT molecular complexity index is 321. The minimum atomic E-state index is 0.460. The molecule has 0 unspecified atom stereocenters. The van der Waals surface area contributed by atoms with Crippen molar-refractivity contribution in [1.82, 2.24) is 9.97 Å². The summed E-state index contributed by atoms with van der Waals surface area (Å²) < 4.78 is 10.8. The largest absolute Gasteiger partial charge is 0.475 e. The number of halogens is 1. The Kier molecular flexibility index (Phi) is 6.11. The predicted molar refractivity (Wildman–Crippen MR) is 63.0 cm³/mol. The zero-order valence-electron chi connectivity index (χ0n) is 9.70. The van der Waals surface area contributed by atoms with Crippen molar-refractivity contribution >= 4 is 11.6 Å². The molecule has 1 aromatic heterocycles. The molecule has 16 heavy (non-hydrogen) atoms. The van der Waals surface area contributed by atoms with Gasteiger partial charge in [0.2, 0.25) is 5.88 Å². The first-order valence-electron chi connectivity index (χ1n) is 5.49. The first kappa shape index (κ1) is 13.2. The van der Waals surface area contributed by atoms with E-state index in [1.165, 1.54) is 6.33 Å². The summed E-state index contributed by atoms with van der Waals surface area (Å²) in [5.74, 6) is 0.558. The van der Waals surface area contributed by atoms with Crippen LogP contribution in [-0.2, 0) is 11.2 Å². The molecule has 90 valence electrons. The summed E-state index contributed by atoms with van der Waals surface area (Å²) in [6, 6.07) is 0. The van der Waals surface area contributed by atoms with Crippen LogP contribution in [0.1, 0.15) is 25.8 Å². The van der Waals surface area contributed by atoms with Crippen molar-refractivity contribution in [2.45, 2.75) is 26.7 Å². The molecule has 0 saturated heterocycles. The second-order valence-electron chi connectivity index (χ2n) is 3.26. The van der Waals surface area contributed by atoms with Gasteiger partial charge < -0.3 is 9.47 Å². The second-order valence-corrected chi connectivity index (χ2v) is 3.62. The maximum Gasteiger partial charge on any atom is 0.221 e. The van der Waals surface area contributed by atoms with E-state index in [2.05, 4.69) is 16.9 Å². The van der Waals surface area contributed by atoms with Crippen molar-refractivity contribution in [3.63, 3.8) is 0 Å². The third-order valence-electron chi connectivity index (χ3n) is 2.02. The molecule has 0 N–H and O–H groups in total. The topological polar surface area (TPSA) is 44.2 Å². The molecule has 0 aromatic carbocycles. The fraction of sp³-hybridized carbons (Fsp3) is 0.636. The fourth-order valence-corrected chi connectivity index (χ4v) is 1.50. The standard InChI is InChI=1S/C11H17ClN2O2/c1-3-5-15-6-7-16-11-9(4-2)10(12)13-8-14-11/h8H,3-7H2,1-2H3. The van der Waals surface area contributed by atoms with Gasteiger partial charge in [-0.2, -0.15) is 0 Å². The lowest BCUT2D eigenvalue weighted by Crippen LogP contribution is -2.09. The molecule has 0 aliphatic rings. The highest BCUT2D eigenvalue weighted by atomic mass is 35.5. The molecule has 0 radical (unpaired) electrons. The molecule has 0 aliphatic heterocycles. The maximum atomic E-state index is 5.93. The van der Waals surface area contributed by atoms with Crippen LogP contribution in [0.5, 0.6) is 5.88 Å². The van der Waals surface area contributed by atoms with Crippen molar-refractivity contribution < 1.29 is 9.47 Å². The SMILES string of the molecule is CCCOCCOc1ncnc(Cl)c1CC. The number of ether oxygens (including phenoxy) is 2. The van der Waals surface area contributed by atoms with Crippen LogP contribution in [0.25, 0.3) is 0 Å². The van der Waals surface area contributed by atoms with Crippen molar-refractivity contribution in [2.75, 3.05) is 19.8 Å². The molecule has 1 aromatic rings. The number of hydrogen-bond donors (Lipinski definition) is 0. The summed E-state index contributed by atoms with van der Waals surface area (Å²) in [6.07, 6.45) is 3.17. The van der Waals surface area contributed by atoms with Crippen LogP contribution < -0.4 is 4.74 Å². The van der Waals surface area contributed by atoms with Crippen LogP contribution >= 0.6 is 11.6 Å². The molecular weight excluding hydrogens is 228 g/mol. The number of aromatic nitrogens is 2. The average Bonchev–Trinajstić information content (AvgIpc) is 2.29. The van der Waals surface area contributed by atoms with E-state index in [4.69, 9.17) is 21.1 Å². The van der Waals surface area contributed by atoms with E-state index < -0.39 is 0 Å². The normalized spacial score (nSPS) is 10.4. The summed E-state index contributed by atoms with van der Waals surface area (Å²) in [4.78, 5) is 7.97. The summed E-state index contributed by atoms with van der Waals surface area (Å²) in [6.45, 7) is 5.87. The Labute approximate surface area is 101 Å². The first-order chi connectivity index (χ1) is 7.79. The molecule has 0 aliphatic carbocycles. The van der Waals surface area contributed by atoms with Crippen LogP contribution in [0.4, 0.5) is 0 Å². The monoisotopic (exact) mass is 244 g/mol. The number of nitrogens with zero attached hydrogens (tertiary/aromatic N) is 2. The highest BCUT2D eigenvalue weighted by molar-refractivity contribution is 6.30. The third kappa shape index (κ3) is 3.94. The summed E-state index contributed by atoms with van der Waals surface area (Å²) in [5, 5.41) is 0.460. The minimum Gasteiger partial charge on any atom is -0.475 e. The van der Waals surface area contributed by atoms with Gasteiger partial charge in [0.05, 0.1) is 12.2 Å². The van der Waals surface area contributed by atoms with Gasteiger partial charge in [0, 0.05) is 6.61 Å². The number of rotatable bonds is 7. The van der Waals surface area contributed by atoms with Crippen molar-refractivity contribution in [3.05, 3.63) is 17.0 Å². The zero-order valence-corrected chi connectivity index (χ0v) is 10.5. The van der Waals surface area contributed by atoms with Crippen LogP contribution in [0.15, 0.2) is 6.33 Å². The van der Waals surface area contributed by atoms with Gasteiger partial charge in [0.25, 0.3) is 0 Å². The average molecular weight is 245 g/mol. The first-order valence-corrected chi connectivity index (χ1v) is 5.87. The van der Waals surface area contributed by atoms with Gasteiger partial charge >= 0.3 is 0 Å². The van der Waals surface area contributed by atoms with E-state index in [9.17, 15) is 0 Å². The van der Waals surface area contributed by atoms with Gasteiger partial charge in [-0.05, 0) is 12.8 Å². The quantitative estimate of drug-likeness (QED) is 0.546. The molecule has 0 atom stereocenters. The molecule has 0 saturated carbocycles. The minimum absolute atomic E-state index is 0.460. The Morgan fingerprint density at radius 1 is 1.19 bits per heavy atom. The van der Waals surface area contributed by atoms with Crippen molar-refractivity contribution in [3.8, 4) is 5.88 Å². The summed E-state index contributed by atoms with van der Waals surface area (Å²) >= 11 is 5.93.